The van der Waals surface area contributed by atoms with E-state index >= 15 is 0 Å². The van der Waals surface area contributed by atoms with Gasteiger partial charge in [0.05, 0.1) is 20.3 Å². The summed E-state index contributed by atoms with van der Waals surface area (Å²) in [6.07, 6.45) is 3.28. The predicted octanol–water partition coefficient (Wildman–Crippen LogP) is 2.03. The minimum Gasteiger partial charge on any atom is -0.497 e. The highest BCUT2D eigenvalue weighted by Crippen LogP contribution is 2.14. The fourth-order valence-electron chi connectivity index (χ4n) is 1.54. The third kappa shape index (κ3) is 7.91. The number of nitrogens with zero attached hydrogens (tertiary/aromatic N) is 1. The molecule has 1 aromatic carbocycles. The van der Waals surface area contributed by atoms with Crippen LogP contribution in [0.15, 0.2) is 30.3 Å². The number of aliphatic hydroxyl groups excluding tert-OH is 1. The van der Waals surface area contributed by atoms with E-state index in [4.69, 9.17) is 9.47 Å². The number of hydrogen-bond donors (Lipinski definition) is 1. The van der Waals surface area contributed by atoms with E-state index in [-0.39, 0.29) is 6.61 Å². The van der Waals surface area contributed by atoms with Gasteiger partial charge in [0.2, 0.25) is 0 Å². The summed E-state index contributed by atoms with van der Waals surface area (Å²) in [5.74, 6) is 0.735. The number of methoxy groups -OCH3 is 1. The van der Waals surface area contributed by atoms with Crippen LogP contribution in [0.25, 0.3) is 6.08 Å². The molecular weight excluding hydrogens is 278 g/mol. The third-order valence-corrected chi connectivity index (χ3v) is 2.57. The summed E-state index contributed by atoms with van der Waals surface area (Å²) >= 11 is 0. The number of ether oxygens (including phenoxy) is 2. The molecule has 0 saturated carbocycles. The molecule has 1 atom stereocenters. The van der Waals surface area contributed by atoms with Crippen molar-refractivity contribution < 1.29 is 24.5 Å². The second-order valence-corrected chi connectivity index (χ2v) is 4.16. The maximum atomic E-state index is 9.90. The predicted molar refractivity (Wildman–Crippen MR) is 76.2 cm³/mol. The van der Waals surface area contributed by atoms with E-state index in [1.165, 1.54) is 6.08 Å². The van der Waals surface area contributed by atoms with Gasteiger partial charge in [-0.25, -0.2) is 0 Å². The lowest BCUT2D eigenvalue weighted by Crippen LogP contribution is -2.10. The fraction of sp³-hybridized carbons (Fsp3) is 0.429. The standard InChI is InChI=1S/C14H19NO6/c1-19-13-6-4-5-12(11-13)7-8-14(16)20-9-2-3-10-21-15(17)18/h4-8,11,14,16H,2-3,9-10H2,1H3. The van der Waals surface area contributed by atoms with Crippen LogP contribution in [0.5, 0.6) is 5.75 Å². The van der Waals surface area contributed by atoms with Crippen LogP contribution in [0, 0.1) is 10.1 Å². The van der Waals surface area contributed by atoms with Gasteiger partial charge < -0.3 is 19.4 Å². The molecule has 21 heavy (non-hydrogen) atoms. The van der Waals surface area contributed by atoms with E-state index in [1.807, 2.05) is 24.3 Å². The molecule has 0 fully saturated rings. The Kier molecular flexibility index (Phi) is 7.85. The SMILES string of the molecule is COc1cccc(C=CC(O)OCCCCO[N+](=O)[O-])c1. The molecule has 0 bridgehead atoms. The Hall–Kier alpha value is -2.12. The first-order chi connectivity index (χ1) is 10.1. The van der Waals surface area contributed by atoms with Crippen LogP contribution in [0.3, 0.4) is 0 Å². The van der Waals surface area contributed by atoms with E-state index in [0.29, 0.717) is 19.4 Å². The Morgan fingerprint density at radius 1 is 1.38 bits per heavy atom. The summed E-state index contributed by atoms with van der Waals surface area (Å²) in [4.78, 5) is 14.1. The molecule has 1 aromatic rings. The highest BCUT2D eigenvalue weighted by atomic mass is 16.9. The molecule has 1 N–H and O–H groups in total. The van der Waals surface area contributed by atoms with Crippen molar-refractivity contribution in [1.29, 1.82) is 0 Å². The van der Waals surface area contributed by atoms with Crippen molar-refractivity contribution in [2.75, 3.05) is 20.3 Å². The van der Waals surface area contributed by atoms with Crippen LogP contribution < -0.4 is 4.74 Å². The smallest absolute Gasteiger partial charge is 0.294 e. The van der Waals surface area contributed by atoms with Crippen molar-refractivity contribution in [3.05, 3.63) is 46.0 Å². The van der Waals surface area contributed by atoms with Crippen LogP contribution >= 0.6 is 0 Å². The van der Waals surface area contributed by atoms with E-state index in [9.17, 15) is 15.2 Å². The lowest BCUT2D eigenvalue weighted by atomic mass is 10.2. The van der Waals surface area contributed by atoms with Crippen molar-refractivity contribution in [2.45, 2.75) is 19.1 Å². The maximum Gasteiger partial charge on any atom is 0.294 e. The highest BCUT2D eigenvalue weighted by Gasteiger charge is 2.00. The van der Waals surface area contributed by atoms with Gasteiger partial charge in [0.15, 0.2) is 6.29 Å². The van der Waals surface area contributed by atoms with Crippen molar-refractivity contribution in [3.63, 3.8) is 0 Å². The number of rotatable bonds is 10. The average Bonchev–Trinajstić information content (AvgIpc) is 2.48. The lowest BCUT2D eigenvalue weighted by Gasteiger charge is -2.07. The molecule has 7 heteroatoms. The molecule has 1 rings (SSSR count). The quantitative estimate of drug-likeness (QED) is 0.307. The van der Waals surface area contributed by atoms with E-state index < -0.39 is 11.4 Å². The van der Waals surface area contributed by atoms with Gasteiger partial charge in [-0.3, -0.25) is 0 Å². The number of aliphatic hydroxyl groups is 1. The molecule has 0 aliphatic heterocycles. The normalized spacial score (nSPS) is 12.3. The molecule has 1 unspecified atom stereocenters. The summed E-state index contributed by atoms with van der Waals surface area (Å²) in [6.45, 7) is 0.330. The molecule has 0 radical (unpaired) electrons. The van der Waals surface area contributed by atoms with E-state index in [1.54, 1.807) is 13.2 Å². The van der Waals surface area contributed by atoms with Gasteiger partial charge in [-0.15, -0.1) is 10.1 Å². The molecule has 0 saturated heterocycles. The second-order valence-electron chi connectivity index (χ2n) is 4.16. The largest absolute Gasteiger partial charge is 0.497 e. The maximum absolute atomic E-state index is 9.90. The molecule has 0 spiro atoms. The van der Waals surface area contributed by atoms with Gasteiger partial charge in [-0.2, -0.15) is 0 Å². The number of unbranched alkanes of at least 4 members (excludes halogenated alkanes) is 1. The zero-order valence-electron chi connectivity index (χ0n) is 11.8. The van der Waals surface area contributed by atoms with Crippen LogP contribution in [-0.4, -0.2) is 36.8 Å². The minimum atomic E-state index is -1.02. The van der Waals surface area contributed by atoms with Crippen molar-refractivity contribution in [1.82, 2.24) is 0 Å². The molecule has 0 aliphatic rings. The topological polar surface area (TPSA) is 91.1 Å². The zero-order chi connectivity index (χ0) is 15.5. The monoisotopic (exact) mass is 297 g/mol. The fourth-order valence-corrected chi connectivity index (χ4v) is 1.54. The molecule has 116 valence electrons. The first kappa shape index (κ1) is 16.9. The van der Waals surface area contributed by atoms with Gasteiger partial charge in [-0.05, 0) is 36.6 Å². The van der Waals surface area contributed by atoms with Crippen molar-refractivity contribution in [3.8, 4) is 5.75 Å². The van der Waals surface area contributed by atoms with Gasteiger partial charge in [-0.1, -0.05) is 18.2 Å². The lowest BCUT2D eigenvalue weighted by molar-refractivity contribution is -0.757. The Morgan fingerprint density at radius 2 is 2.14 bits per heavy atom. The molecule has 0 aliphatic carbocycles. The summed E-state index contributed by atoms with van der Waals surface area (Å²) < 4.78 is 10.2. The van der Waals surface area contributed by atoms with Gasteiger partial charge >= 0.3 is 0 Å². The summed E-state index contributed by atoms with van der Waals surface area (Å²) in [5, 5.41) is 18.7. The Labute approximate surface area is 122 Å². The Morgan fingerprint density at radius 3 is 2.86 bits per heavy atom. The first-order valence-electron chi connectivity index (χ1n) is 6.51. The molecule has 0 heterocycles. The summed E-state index contributed by atoms with van der Waals surface area (Å²) in [7, 11) is 1.59. The zero-order valence-corrected chi connectivity index (χ0v) is 11.8. The number of hydrogen-bond acceptors (Lipinski definition) is 6. The Bertz CT molecular complexity index is 463. The van der Waals surface area contributed by atoms with E-state index in [0.717, 1.165) is 11.3 Å². The third-order valence-electron chi connectivity index (χ3n) is 2.57. The van der Waals surface area contributed by atoms with Crippen LogP contribution in [-0.2, 0) is 9.57 Å². The minimum absolute atomic E-state index is 0.0338. The van der Waals surface area contributed by atoms with Gasteiger partial charge in [0, 0.05) is 0 Å². The van der Waals surface area contributed by atoms with Crippen molar-refractivity contribution in [2.24, 2.45) is 0 Å². The van der Waals surface area contributed by atoms with Crippen molar-refractivity contribution >= 4 is 6.08 Å². The van der Waals surface area contributed by atoms with E-state index in [2.05, 4.69) is 4.84 Å². The number of benzene rings is 1. The Balaban J connectivity index is 2.21. The van der Waals surface area contributed by atoms with Crippen LogP contribution in [0.2, 0.25) is 0 Å². The molecule has 7 nitrogen and oxygen atoms in total. The second kappa shape index (κ2) is 9.73. The molecule has 0 aromatic heterocycles. The van der Waals surface area contributed by atoms with Gasteiger partial charge in [0.25, 0.3) is 5.09 Å². The molecular formula is C14H19NO6. The average molecular weight is 297 g/mol. The van der Waals surface area contributed by atoms with Gasteiger partial charge in [0.1, 0.15) is 5.75 Å². The van der Waals surface area contributed by atoms with Crippen LogP contribution in [0.1, 0.15) is 18.4 Å². The first-order valence-corrected chi connectivity index (χ1v) is 6.51. The van der Waals surface area contributed by atoms with Crippen LogP contribution in [0.4, 0.5) is 0 Å². The summed E-state index contributed by atoms with van der Waals surface area (Å²) in [5.41, 5.74) is 0.886. The highest BCUT2D eigenvalue weighted by molar-refractivity contribution is 5.51. The molecule has 0 amide bonds. The summed E-state index contributed by atoms with van der Waals surface area (Å²) in [6, 6.07) is 7.39.